The van der Waals surface area contributed by atoms with Crippen LogP contribution in [0.25, 0.3) is 28.2 Å². The number of hydrogen-bond donors (Lipinski definition) is 1. The highest BCUT2D eigenvalue weighted by Crippen LogP contribution is 2.25. The number of aromatic nitrogens is 4. The Morgan fingerprint density at radius 2 is 1.82 bits per heavy atom. The van der Waals surface area contributed by atoms with Gasteiger partial charge in [-0.05, 0) is 24.3 Å². The summed E-state index contributed by atoms with van der Waals surface area (Å²) in [6.45, 7) is 0. The van der Waals surface area contributed by atoms with Crippen LogP contribution in [0.5, 0.6) is 5.75 Å². The number of benzene rings is 1. The SMILES string of the molecule is Oc1cccc(-c2cnc3cnc(-c4cccnc4)cn23)c1. The van der Waals surface area contributed by atoms with Gasteiger partial charge >= 0.3 is 0 Å². The number of fused-ring (bicyclic) bond motifs is 1. The molecule has 0 bridgehead atoms. The van der Waals surface area contributed by atoms with Crippen molar-refractivity contribution in [3.63, 3.8) is 0 Å². The molecule has 0 radical (unpaired) electrons. The summed E-state index contributed by atoms with van der Waals surface area (Å²) in [6, 6.07) is 11.0. The van der Waals surface area contributed by atoms with Crippen molar-refractivity contribution in [2.45, 2.75) is 0 Å². The first-order valence-electron chi connectivity index (χ1n) is 6.84. The predicted octanol–water partition coefficient (Wildman–Crippen LogP) is 3.16. The van der Waals surface area contributed by atoms with Crippen molar-refractivity contribution >= 4 is 5.65 Å². The van der Waals surface area contributed by atoms with E-state index in [1.54, 1.807) is 36.9 Å². The highest BCUT2D eigenvalue weighted by atomic mass is 16.3. The minimum Gasteiger partial charge on any atom is -0.508 e. The van der Waals surface area contributed by atoms with Crippen LogP contribution in [0.3, 0.4) is 0 Å². The number of pyridine rings is 1. The average molecular weight is 288 g/mol. The van der Waals surface area contributed by atoms with Crippen molar-refractivity contribution < 1.29 is 5.11 Å². The molecule has 4 aromatic rings. The lowest BCUT2D eigenvalue weighted by atomic mass is 10.1. The van der Waals surface area contributed by atoms with Crippen molar-refractivity contribution in [1.82, 2.24) is 19.4 Å². The Kier molecular flexibility index (Phi) is 2.83. The molecule has 3 heterocycles. The Hall–Kier alpha value is -3.21. The largest absolute Gasteiger partial charge is 0.508 e. The third-order valence-corrected chi connectivity index (χ3v) is 3.50. The normalized spacial score (nSPS) is 10.9. The number of rotatable bonds is 2. The van der Waals surface area contributed by atoms with E-state index in [4.69, 9.17) is 0 Å². The second-order valence-corrected chi connectivity index (χ2v) is 4.94. The zero-order chi connectivity index (χ0) is 14.9. The molecule has 1 aromatic carbocycles. The van der Waals surface area contributed by atoms with Crippen LogP contribution in [0, 0.1) is 0 Å². The summed E-state index contributed by atoms with van der Waals surface area (Å²) < 4.78 is 1.96. The third-order valence-electron chi connectivity index (χ3n) is 3.50. The van der Waals surface area contributed by atoms with Gasteiger partial charge in [-0.15, -0.1) is 0 Å². The van der Waals surface area contributed by atoms with Crippen LogP contribution in [-0.4, -0.2) is 24.5 Å². The van der Waals surface area contributed by atoms with Crippen molar-refractivity contribution in [2.24, 2.45) is 0 Å². The molecule has 0 saturated heterocycles. The molecule has 3 aromatic heterocycles. The summed E-state index contributed by atoms with van der Waals surface area (Å²) in [5.74, 6) is 0.231. The predicted molar refractivity (Wildman–Crippen MR) is 83.3 cm³/mol. The summed E-state index contributed by atoms with van der Waals surface area (Å²) in [5.41, 5.74) is 4.32. The lowest BCUT2D eigenvalue weighted by Gasteiger charge is -2.05. The van der Waals surface area contributed by atoms with Crippen LogP contribution in [-0.2, 0) is 0 Å². The van der Waals surface area contributed by atoms with Gasteiger partial charge in [0.15, 0.2) is 5.65 Å². The fraction of sp³-hybridized carbons (Fsp3) is 0. The zero-order valence-corrected chi connectivity index (χ0v) is 11.6. The molecule has 0 amide bonds. The molecule has 5 heteroatoms. The Bertz CT molecular complexity index is 947. The molecule has 0 spiro atoms. The van der Waals surface area contributed by atoms with E-state index in [0.29, 0.717) is 0 Å². The van der Waals surface area contributed by atoms with Crippen LogP contribution in [0.2, 0.25) is 0 Å². The maximum atomic E-state index is 9.67. The van der Waals surface area contributed by atoms with Crippen LogP contribution in [0.4, 0.5) is 0 Å². The lowest BCUT2D eigenvalue weighted by molar-refractivity contribution is 0.475. The molecule has 0 fully saturated rings. The van der Waals surface area contributed by atoms with Gasteiger partial charge in [0.05, 0.1) is 23.8 Å². The number of phenolic OH excluding ortho intramolecular Hbond substituents is 1. The molecule has 0 aliphatic carbocycles. The molecule has 0 aliphatic rings. The fourth-order valence-electron chi connectivity index (χ4n) is 2.43. The summed E-state index contributed by atoms with van der Waals surface area (Å²) in [4.78, 5) is 12.9. The van der Waals surface area contributed by atoms with Crippen molar-refractivity contribution in [2.75, 3.05) is 0 Å². The van der Waals surface area contributed by atoms with E-state index in [0.717, 1.165) is 28.2 Å². The highest BCUT2D eigenvalue weighted by Gasteiger charge is 2.09. The van der Waals surface area contributed by atoms with Gasteiger partial charge in [-0.1, -0.05) is 12.1 Å². The van der Waals surface area contributed by atoms with Gasteiger partial charge < -0.3 is 5.11 Å². The van der Waals surface area contributed by atoms with E-state index in [1.165, 1.54) is 0 Å². The van der Waals surface area contributed by atoms with E-state index in [2.05, 4.69) is 15.0 Å². The van der Waals surface area contributed by atoms with Gasteiger partial charge in [-0.25, -0.2) is 4.98 Å². The van der Waals surface area contributed by atoms with E-state index in [9.17, 15) is 5.11 Å². The molecule has 106 valence electrons. The Labute approximate surface area is 126 Å². The zero-order valence-electron chi connectivity index (χ0n) is 11.6. The maximum Gasteiger partial charge on any atom is 0.155 e. The number of phenols is 1. The Morgan fingerprint density at radius 1 is 0.909 bits per heavy atom. The number of hydrogen-bond acceptors (Lipinski definition) is 4. The van der Waals surface area contributed by atoms with Crippen LogP contribution in [0.1, 0.15) is 0 Å². The Morgan fingerprint density at radius 3 is 2.64 bits per heavy atom. The second-order valence-electron chi connectivity index (χ2n) is 4.94. The van der Waals surface area contributed by atoms with Gasteiger partial charge in [0.25, 0.3) is 0 Å². The number of imidazole rings is 1. The van der Waals surface area contributed by atoms with Gasteiger partial charge in [-0.3, -0.25) is 14.4 Å². The summed E-state index contributed by atoms with van der Waals surface area (Å²) in [5, 5.41) is 9.67. The maximum absolute atomic E-state index is 9.67. The Balaban J connectivity index is 1.91. The molecule has 0 saturated carbocycles. The van der Waals surface area contributed by atoms with Crippen LogP contribution in [0.15, 0.2) is 67.4 Å². The van der Waals surface area contributed by atoms with Crippen molar-refractivity contribution in [3.05, 3.63) is 67.4 Å². The third kappa shape index (κ3) is 2.09. The van der Waals surface area contributed by atoms with E-state index >= 15 is 0 Å². The summed E-state index contributed by atoms with van der Waals surface area (Å²) >= 11 is 0. The monoisotopic (exact) mass is 288 g/mol. The first-order chi connectivity index (χ1) is 10.8. The van der Waals surface area contributed by atoms with E-state index < -0.39 is 0 Å². The molecule has 0 aliphatic heterocycles. The quantitative estimate of drug-likeness (QED) is 0.615. The number of aromatic hydroxyl groups is 1. The van der Waals surface area contributed by atoms with Gasteiger partial charge in [-0.2, -0.15) is 0 Å². The van der Waals surface area contributed by atoms with Crippen molar-refractivity contribution in [3.8, 4) is 28.3 Å². The number of nitrogens with zero attached hydrogens (tertiary/aromatic N) is 4. The molecular formula is C17H12N4O. The highest BCUT2D eigenvalue weighted by molar-refractivity contribution is 5.67. The first-order valence-corrected chi connectivity index (χ1v) is 6.84. The minimum absolute atomic E-state index is 0.231. The molecule has 1 N–H and O–H groups in total. The second kappa shape index (κ2) is 4.96. The van der Waals surface area contributed by atoms with E-state index in [1.807, 2.05) is 34.9 Å². The standard InChI is InChI=1S/C17H12N4O/c22-14-5-1-3-12(7-14)16-9-20-17-10-19-15(11-21(16)17)13-4-2-6-18-8-13/h1-11,22H. The van der Waals surface area contributed by atoms with Gasteiger partial charge in [0.1, 0.15) is 5.75 Å². The average Bonchev–Trinajstić information content (AvgIpc) is 2.99. The molecular weight excluding hydrogens is 276 g/mol. The fourth-order valence-corrected chi connectivity index (χ4v) is 2.43. The first kappa shape index (κ1) is 12.5. The molecule has 0 unspecified atom stereocenters. The van der Waals surface area contributed by atoms with Crippen molar-refractivity contribution in [1.29, 1.82) is 0 Å². The van der Waals surface area contributed by atoms with Gasteiger partial charge in [0, 0.05) is 29.7 Å². The molecule has 0 atom stereocenters. The lowest BCUT2D eigenvalue weighted by Crippen LogP contribution is -1.93. The summed E-state index contributed by atoms with van der Waals surface area (Å²) in [6.07, 6.45) is 8.95. The summed E-state index contributed by atoms with van der Waals surface area (Å²) in [7, 11) is 0. The molecule has 5 nitrogen and oxygen atoms in total. The van der Waals surface area contributed by atoms with Gasteiger partial charge in [0.2, 0.25) is 0 Å². The molecule has 4 rings (SSSR count). The molecule has 22 heavy (non-hydrogen) atoms. The van der Waals surface area contributed by atoms with E-state index in [-0.39, 0.29) is 5.75 Å². The smallest absolute Gasteiger partial charge is 0.155 e. The minimum atomic E-state index is 0.231. The van der Waals surface area contributed by atoms with Crippen LogP contribution < -0.4 is 0 Å². The van der Waals surface area contributed by atoms with Crippen LogP contribution >= 0.6 is 0 Å². The topological polar surface area (TPSA) is 63.3 Å².